The highest BCUT2D eigenvalue weighted by Crippen LogP contribution is 2.58. The summed E-state index contributed by atoms with van der Waals surface area (Å²) in [6.45, 7) is -9.47. The van der Waals surface area contributed by atoms with E-state index in [1.807, 2.05) is 0 Å². The number of hydrogen-bond acceptors (Lipinski definition) is 18. The molecule has 7 N–H and O–H groups in total. The first-order valence-corrected chi connectivity index (χ1v) is 18.1. The molecule has 20 nitrogen and oxygen atoms in total. The zero-order valence-corrected chi connectivity index (χ0v) is 25.5. The molecule has 44 heavy (non-hydrogen) atoms. The van der Waals surface area contributed by atoms with Crippen LogP contribution in [-0.4, -0.2) is 104 Å². The molecule has 236 valence electrons. The van der Waals surface area contributed by atoms with Gasteiger partial charge in [0.15, 0.2) is 35.4 Å². The SMILES string of the molecule is Nc1ncnc2c1ncn2[C@@H]1O[C@@H]2COP(O)(=S)OC3[C@@H](COP(=O)(S)OC1[C@H]2O)O[C@@H](n1cnc2c(N)ncnc21)[C@H]3O. The number of nitrogens with two attached hydrogens (primary N) is 2. The topological polar surface area (TPSA) is 272 Å². The first-order valence-electron chi connectivity index (χ1n) is 12.8. The molecule has 2 bridgehead atoms. The molecule has 7 heterocycles. The van der Waals surface area contributed by atoms with Gasteiger partial charge in [0.25, 0.3) is 0 Å². The van der Waals surface area contributed by atoms with E-state index in [0.717, 1.165) is 0 Å². The average molecular weight is 691 g/mol. The zero-order chi connectivity index (χ0) is 31.0. The number of rotatable bonds is 2. The van der Waals surface area contributed by atoms with Crippen molar-refractivity contribution >= 4 is 71.5 Å². The summed E-state index contributed by atoms with van der Waals surface area (Å²) in [6.07, 6.45) is -5.40. The third kappa shape index (κ3) is 5.28. The Kier molecular flexibility index (Phi) is 7.64. The van der Waals surface area contributed by atoms with E-state index >= 15 is 0 Å². The minimum absolute atomic E-state index is 0.0966. The van der Waals surface area contributed by atoms with Gasteiger partial charge in [-0.05, 0) is 11.8 Å². The van der Waals surface area contributed by atoms with Gasteiger partial charge in [-0.3, -0.25) is 22.7 Å². The quantitative estimate of drug-likeness (QED) is 0.113. The Balaban J connectivity index is 1.20. The van der Waals surface area contributed by atoms with Crippen LogP contribution in [0.1, 0.15) is 12.5 Å². The fourth-order valence-electron chi connectivity index (χ4n) is 5.22. The molecule has 3 saturated heterocycles. The summed E-state index contributed by atoms with van der Waals surface area (Å²) in [7, 11) is 0. The first-order chi connectivity index (χ1) is 20.9. The van der Waals surface area contributed by atoms with Crippen molar-refractivity contribution in [2.45, 2.75) is 49.1 Å². The number of aliphatic hydroxyl groups is 2. The number of thiol groups is 1. The summed E-state index contributed by atoms with van der Waals surface area (Å²) in [4.78, 5) is 35.5. The second-order valence-corrected chi connectivity index (χ2v) is 15.6. The van der Waals surface area contributed by atoms with Crippen molar-refractivity contribution in [2.24, 2.45) is 0 Å². The predicted molar refractivity (Wildman–Crippen MR) is 154 cm³/mol. The highest BCUT2D eigenvalue weighted by molar-refractivity contribution is 8.44. The van der Waals surface area contributed by atoms with Gasteiger partial charge in [0, 0.05) is 0 Å². The number of ether oxygens (including phenoxy) is 2. The molecular weight excluding hydrogens is 666 g/mol. The van der Waals surface area contributed by atoms with Gasteiger partial charge in [-0.2, -0.15) is 0 Å². The molecule has 24 heteroatoms. The maximum absolute atomic E-state index is 13.5. The summed E-state index contributed by atoms with van der Waals surface area (Å²) in [5, 5.41) is 22.4. The Hall–Kier alpha value is -2.43. The van der Waals surface area contributed by atoms with Gasteiger partial charge >= 0.3 is 13.5 Å². The maximum Gasteiger partial charge on any atom is 0.386 e. The lowest BCUT2D eigenvalue weighted by Crippen LogP contribution is -2.36. The van der Waals surface area contributed by atoms with E-state index < -0.39 is 75.8 Å². The largest absolute Gasteiger partial charge is 0.387 e. The molecule has 4 aromatic rings. The van der Waals surface area contributed by atoms with Crippen LogP contribution in [0, 0.1) is 0 Å². The van der Waals surface area contributed by atoms with Crippen LogP contribution in [0.2, 0.25) is 0 Å². The summed E-state index contributed by atoms with van der Waals surface area (Å²) >= 11 is 9.34. The van der Waals surface area contributed by atoms with E-state index in [9.17, 15) is 19.7 Å². The number of aromatic nitrogens is 8. The molecule has 4 aromatic heterocycles. The fraction of sp³-hybridized carbons (Fsp3) is 0.500. The third-order valence-electron chi connectivity index (χ3n) is 7.26. The molecule has 0 saturated carbocycles. The van der Waals surface area contributed by atoms with Crippen molar-refractivity contribution in [1.82, 2.24) is 39.0 Å². The molecule has 3 aliphatic heterocycles. The number of fused-ring (bicyclic) bond motifs is 5. The Morgan fingerprint density at radius 1 is 0.818 bits per heavy atom. The van der Waals surface area contributed by atoms with Gasteiger partial charge in [-0.15, -0.1) is 0 Å². The molecule has 0 aromatic carbocycles. The summed E-state index contributed by atoms with van der Waals surface area (Å²) in [5.74, 6) is 0.201. The number of nitrogen functional groups attached to an aromatic ring is 2. The lowest BCUT2D eigenvalue weighted by molar-refractivity contribution is -0.0588. The Morgan fingerprint density at radius 2 is 1.39 bits per heavy atom. The summed E-state index contributed by atoms with van der Waals surface area (Å²) in [5.41, 5.74) is 12.8. The minimum Gasteiger partial charge on any atom is -0.387 e. The minimum atomic E-state index is -4.30. The highest BCUT2D eigenvalue weighted by Gasteiger charge is 2.53. The number of anilines is 2. The maximum atomic E-state index is 13.5. The van der Waals surface area contributed by atoms with Crippen LogP contribution in [0.5, 0.6) is 0 Å². The van der Waals surface area contributed by atoms with Crippen LogP contribution >= 0.6 is 25.8 Å². The fourth-order valence-corrected chi connectivity index (χ4v) is 8.13. The molecule has 3 fully saturated rings. The van der Waals surface area contributed by atoms with Crippen molar-refractivity contribution < 1.29 is 47.2 Å². The molecule has 0 spiro atoms. The Morgan fingerprint density at radius 3 is 2.02 bits per heavy atom. The van der Waals surface area contributed by atoms with Crippen molar-refractivity contribution in [1.29, 1.82) is 0 Å². The van der Waals surface area contributed by atoms with Crippen LogP contribution in [-0.2, 0) is 43.9 Å². The standard InChI is InChI=1S/C20H24N10O10P2S2/c21-15-9-17(25-3-23-15)29(5-27-9)19-12(32)13-8(38-19)2-36-42(34,44)40-14-11(31)7(1-35-41(33,43)39-13)37-20(14)30-6-28-10-16(22)24-4-26-18(10)30/h3-8,11-14,19-20,31-32H,1-2H2,(H,33,43)(H,34,44)(H2,21,23,25)(H2,22,24,26)/t7-,8-,11+,12+,13?,14?,19-,20-,41?,42?/m1/s1. The second-order valence-electron chi connectivity index (χ2n) is 9.95. The number of imidazole rings is 2. The Bertz CT molecular complexity index is 1830. The molecular formula is C20H24N10O10P2S2. The average Bonchev–Trinajstić information content (AvgIpc) is 3.73. The van der Waals surface area contributed by atoms with Crippen molar-refractivity contribution in [2.75, 3.05) is 24.7 Å². The van der Waals surface area contributed by atoms with Gasteiger partial charge in [-0.1, -0.05) is 12.2 Å². The predicted octanol–water partition coefficient (Wildman–Crippen LogP) is -0.581. The van der Waals surface area contributed by atoms with E-state index in [1.54, 1.807) is 0 Å². The van der Waals surface area contributed by atoms with Gasteiger partial charge in [0.2, 0.25) is 0 Å². The number of aliphatic hydroxyl groups excluding tert-OH is 2. The number of hydrogen-bond donors (Lipinski definition) is 6. The van der Waals surface area contributed by atoms with Gasteiger partial charge in [-0.25, -0.2) is 34.5 Å². The third-order valence-corrected chi connectivity index (χ3v) is 10.4. The van der Waals surface area contributed by atoms with Crippen molar-refractivity contribution in [3.63, 3.8) is 0 Å². The van der Waals surface area contributed by atoms with Gasteiger partial charge < -0.3 is 40.6 Å². The lowest BCUT2D eigenvalue weighted by atomic mass is 10.1. The van der Waals surface area contributed by atoms with Crippen LogP contribution < -0.4 is 11.5 Å². The van der Waals surface area contributed by atoms with Crippen LogP contribution in [0.3, 0.4) is 0 Å². The first kappa shape index (κ1) is 30.2. The molecule has 0 amide bonds. The second kappa shape index (κ2) is 11.1. The van der Waals surface area contributed by atoms with E-state index in [2.05, 4.69) is 42.2 Å². The van der Waals surface area contributed by atoms with Gasteiger partial charge in [0.1, 0.15) is 60.3 Å². The normalized spacial score (nSPS) is 38.3. The smallest absolute Gasteiger partial charge is 0.386 e. The van der Waals surface area contributed by atoms with E-state index in [1.165, 1.54) is 34.4 Å². The number of nitrogens with zero attached hydrogens (tertiary/aromatic N) is 8. The molecule has 7 rings (SSSR count). The molecule has 3 aliphatic rings. The molecule has 4 unspecified atom stereocenters. The van der Waals surface area contributed by atoms with Gasteiger partial charge in [0.05, 0.1) is 25.9 Å². The van der Waals surface area contributed by atoms with Crippen molar-refractivity contribution in [3.05, 3.63) is 25.3 Å². The molecule has 10 atom stereocenters. The Labute approximate surface area is 256 Å². The summed E-state index contributed by atoms with van der Waals surface area (Å²) < 4.78 is 50.8. The molecule has 0 radical (unpaired) electrons. The zero-order valence-electron chi connectivity index (χ0n) is 22.0. The lowest BCUT2D eigenvalue weighted by Gasteiger charge is -2.27. The monoisotopic (exact) mass is 690 g/mol. The van der Waals surface area contributed by atoms with Crippen LogP contribution in [0.15, 0.2) is 25.3 Å². The van der Waals surface area contributed by atoms with Crippen LogP contribution in [0.25, 0.3) is 22.3 Å². The van der Waals surface area contributed by atoms with Crippen LogP contribution in [0.4, 0.5) is 11.6 Å². The van der Waals surface area contributed by atoms with E-state index in [-0.39, 0.29) is 34.0 Å². The van der Waals surface area contributed by atoms with E-state index in [4.69, 9.17) is 50.8 Å². The highest BCUT2D eigenvalue weighted by atomic mass is 32.7. The van der Waals surface area contributed by atoms with Crippen molar-refractivity contribution in [3.8, 4) is 0 Å². The van der Waals surface area contributed by atoms with E-state index in [0.29, 0.717) is 0 Å². The summed E-state index contributed by atoms with van der Waals surface area (Å²) in [6, 6.07) is 0. The molecule has 0 aliphatic carbocycles.